The monoisotopic (exact) mass is 466 g/mol. The Morgan fingerprint density at radius 3 is 2.73 bits per heavy atom. The van der Waals surface area contributed by atoms with Gasteiger partial charge in [-0.05, 0) is 52.7 Å². The van der Waals surface area contributed by atoms with Crippen LogP contribution in [0.25, 0.3) is 0 Å². The molecular weight excluding hydrogens is 448 g/mol. The first-order chi connectivity index (χ1) is 14.6. The van der Waals surface area contributed by atoms with E-state index in [4.69, 9.17) is 9.15 Å². The van der Waals surface area contributed by atoms with E-state index in [1.807, 2.05) is 55.5 Å². The van der Waals surface area contributed by atoms with Crippen LogP contribution in [0.15, 0.2) is 75.9 Å². The number of nitrogens with one attached hydrogen (secondary N) is 1. The van der Waals surface area contributed by atoms with Gasteiger partial charge in [-0.3, -0.25) is 10.1 Å². The predicted octanol–water partition coefficient (Wildman–Crippen LogP) is 4.82. The van der Waals surface area contributed by atoms with Crippen molar-refractivity contribution in [2.75, 3.05) is 5.32 Å². The fourth-order valence-electron chi connectivity index (χ4n) is 2.76. The normalized spacial score (nSPS) is 10.7. The first-order valence-corrected chi connectivity index (χ1v) is 10.1. The molecule has 0 spiro atoms. The molecule has 8 heteroatoms. The van der Waals surface area contributed by atoms with Gasteiger partial charge in [0.2, 0.25) is 5.95 Å². The summed E-state index contributed by atoms with van der Waals surface area (Å²) < 4.78 is 13.8. The Bertz CT molecular complexity index is 1150. The molecule has 30 heavy (non-hydrogen) atoms. The van der Waals surface area contributed by atoms with Gasteiger partial charge in [-0.2, -0.15) is 0 Å². The summed E-state index contributed by atoms with van der Waals surface area (Å²) in [5.74, 6) is 1.19. The van der Waals surface area contributed by atoms with Gasteiger partial charge in [0, 0.05) is 0 Å². The smallest absolute Gasteiger partial charge is 0.293 e. The average Bonchev–Trinajstić information content (AvgIpc) is 3.39. The van der Waals surface area contributed by atoms with Crippen LogP contribution in [-0.2, 0) is 13.2 Å². The fourth-order valence-corrected chi connectivity index (χ4v) is 3.16. The molecule has 152 valence electrons. The maximum Gasteiger partial charge on any atom is 0.293 e. The highest BCUT2D eigenvalue weighted by atomic mass is 79.9. The molecule has 0 saturated heterocycles. The number of aryl methyl sites for hydroxylation is 1. The van der Waals surface area contributed by atoms with Crippen molar-refractivity contribution in [3.05, 3.63) is 94.1 Å². The van der Waals surface area contributed by atoms with Crippen LogP contribution in [0.4, 0.5) is 5.95 Å². The highest BCUT2D eigenvalue weighted by molar-refractivity contribution is 9.10. The van der Waals surface area contributed by atoms with E-state index in [2.05, 4.69) is 31.3 Å². The van der Waals surface area contributed by atoms with E-state index >= 15 is 0 Å². The van der Waals surface area contributed by atoms with E-state index in [-0.39, 0.29) is 18.3 Å². The number of carbonyl (C=O) groups excluding carboxylic acids is 1. The van der Waals surface area contributed by atoms with Crippen molar-refractivity contribution < 1.29 is 13.9 Å². The van der Waals surface area contributed by atoms with E-state index in [9.17, 15) is 4.79 Å². The third kappa shape index (κ3) is 4.96. The lowest BCUT2D eigenvalue weighted by molar-refractivity contribution is 0.0991. The number of ether oxygens (including phenoxy) is 1. The molecule has 7 nitrogen and oxygen atoms in total. The van der Waals surface area contributed by atoms with Gasteiger partial charge in [0.15, 0.2) is 5.76 Å². The lowest BCUT2D eigenvalue weighted by atomic mass is 10.1. The largest absolute Gasteiger partial charge is 0.484 e. The second-order valence-electron chi connectivity index (χ2n) is 6.69. The van der Waals surface area contributed by atoms with Crippen LogP contribution in [0.2, 0.25) is 0 Å². The van der Waals surface area contributed by atoms with E-state index in [1.165, 1.54) is 5.56 Å². The molecule has 2 heterocycles. The molecule has 1 N–H and O–H groups in total. The van der Waals surface area contributed by atoms with Gasteiger partial charge >= 0.3 is 0 Å². The second kappa shape index (κ2) is 8.96. The summed E-state index contributed by atoms with van der Waals surface area (Å²) in [5, 5.41) is 6.93. The molecule has 0 fully saturated rings. The van der Waals surface area contributed by atoms with Gasteiger partial charge in [0.05, 0.1) is 11.0 Å². The van der Waals surface area contributed by atoms with Gasteiger partial charge in [-0.15, -0.1) is 5.10 Å². The Kier molecular flexibility index (Phi) is 5.94. The Morgan fingerprint density at radius 1 is 1.13 bits per heavy atom. The number of hydrogen-bond acceptors (Lipinski definition) is 5. The minimum Gasteiger partial charge on any atom is -0.484 e. The summed E-state index contributed by atoms with van der Waals surface area (Å²) in [6.45, 7) is 2.82. The van der Waals surface area contributed by atoms with Crippen LogP contribution < -0.4 is 10.1 Å². The number of para-hydroxylation sites is 1. The molecule has 2 aromatic heterocycles. The highest BCUT2D eigenvalue weighted by Crippen LogP contribution is 2.25. The van der Waals surface area contributed by atoms with Gasteiger partial charge in [-0.1, -0.05) is 42.0 Å². The molecule has 0 bridgehead atoms. The average molecular weight is 467 g/mol. The van der Waals surface area contributed by atoms with Crippen LogP contribution in [0.1, 0.15) is 27.4 Å². The van der Waals surface area contributed by atoms with Crippen LogP contribution in [-0.4, -0.2) is 20.7 Å². The molecule has 0 aliphatic carbocycles. The summed E-state index contributed by atoms with van der Waals surface area (Å²) in [4.78, 5) is 16.6. The number of furan rings is 1. The van der Waals surface area contributed by atoms with E-state index < -0.39 is 5.91 Å². The summed E-state index contributed by atoms with van der Waals surface area (Å²) in [6.07, 6.45) is 1.58. The number of anilines is 1. The maximum absolute atomic E-state index is 12.4. The quantitative estimate of drug-likeness (QED) is 0.422. The zero-order chi connectivity index (χ0) is 20.9. The van der Waals surface area contributed by atoms with Gasteiger partial charge in [-0.25, -0.2) is 9.67 Å². The van der Waals surface area contributed by atoms with E-state index in [1.54, 1.807) is 23.1 Å². The van der Waals surface area contributed by atoms with Crippen molar-refractivity contribution in [2.24, 2.45) is 0 Å². The summed E-state index contributed by atoms with van der Waals surface area (Å²) >= 11 is 3.43. The SMILES string of the molecule is Cc1ccc(Cn2cnc(NC(=O)c3ccc(COc4ccccc4Br)o3)n2)cc1. The fraction of sp³-hybridized carbons (Fsp3) is 0.136. The van der Waals surface area contributed by atoms with Gasteiger partial charge in [0.1, 0.15) is 24.4 Å². The molecule has 4 aromatic rings. The highest BCUT2D eigenvalue weighted by Gasteiger charge is 2.14. The molecular formula is C22H19BrN4O3. The second-order valence-corrected chi connectivity index (χ2v) is 7.54. The first-order valence-electron chi connectivity index (χ1n) is 9.29. The van der Waals surface area contributed by atoms with Crippen molar-refractivity contribution in [3.8, 4) is 5.75 Å². The number of carbonyl (C=O) groups is 1. The molecule has 4 rings (SSSR count). The molecule has 0 aliphatic heterocycles. The molecule has 0 unspecified atom stereocenters. The van der Waals surface area contributed by atoms with Crippen LogP contribution in [0.3, 0.4) is 0 Å². The minimum absolute atomic E-state index is 0.163. The van der Waals surface area contributed by atoms with E-state index in [0.29, 0.717) is 18.1 Å². The van der Waals surface area contributed by atoms with Crippen LogP contribution >= 0.6 is 15.9 Å². The number of hydrogen-bond donors (Lipinski definition) is 1. The van der Waals surface area contributed by atoms with Crippen LogP contribution in [0.5, 0.6) is 5.75 Å². The Hall–Kier alpha value is -3.39. The zero-order valence-electron chi connectivity index (χ0n) is 16.2. The van der Waals surface area contributed by atoms with Crippen molar-refractivity contribution in [2.45, 2.75) is 20.1 Å². The Balaban J connectivity index is 1.34. The van der Waals surface area contributed by atoms with Crippen molar-refractivity contribution in [3.63, 3.8) is 0 Å². The number of nitrogens with zero attached hydrogens (tertiary/aromatic N) is 3. The summed E-state index contributed by atoms with van der Waals surface area (Å²) in [5.41, 5.74) is 2.30. The molecule has 0 saturated carbocycles. The van der Waals surface area contributed by atoms with Crippen molar-refractivity contribution in [1.29, 1.82) is 0 Å². The molecule has 0 radical (unpaired) electrons. The maximum atomic E-state index is 12.4. The standard InChI is InChI=1S/C22H19BrN4O3/c1-15-6-8-16(9-7-15)12-27-14-24-22(26-27)25-21(28)20-11-10-17(30-20)13-29-19-5-3-2-4-18(19)23/h2-11,14H,12-13H2,1H3,(H,25,26,28). The number of benzene rings is 2. The molecule has 0 aliphatic rings. The number of rotatable bonds is 7. The lowest BCUT2D eigenvalue weighted by Crippen LogP contribution is -2.12. The summed E-state index contributed by atoms with van der Waals surface area (Å²) in [7, 11) is 0. The molecule has 1 amide bonds. The Labute approximate surface area is 181 Å². The summed E-state index contributed by atoms with van der Waals surface area (Å²) in [6, 6.07) is 19.0. The van der Waals surface area contributed by atoms with E-state index in [0.717, 1.165) is 10.0 Å². The third-order valence-electron chi connectivity index (χ3n) is 4.32. The van der Waals surface area contributed by atoms with Crippen LogP contribution in [0, 0.1) is 6.92 Å². The zero-order valence-corrected chi connectivity index (χ0v) is 17.8. The lowest BCUT2D eigenvalue weighted by Gasteiger charge is -2.05. The first kappa shape index (κ1) is 19.9. The van der Waals surface area contributed by atoms with Gasteiger partial charge in [0.25, 0.3) is 5.91 Å². The number of aromatic nitrogens is 3. The molecule has 0 atom stereocenters. The topological polar surface area (TPSA) is 82.2 Å². The van der Waals surface area contributed by atoms with Crippen molar-refractivity contribution in [1.82, 2.24) is 14.8 Å². The third-order valence-corrected chi connectivity index (χ3v) is 4.97. The predicted molar refractivity (Wildman–Crippen MR) is 115 cm³/mol. The van der Waals surface area contributed by atoms with Crippen molar-refractivity contribution >= 4 is 27.8 Å². The molecule has 2 aromatic carbocycles. The number of amides is 1. The number of halogens is 1. The van der Waals surface area contributed by atoms with Gasteiger partial charge < -0.3 is 9.15 Å². The Morgan fingerprint density at radius 2 is 1.93 bits per heavy atom. The minimum atomic E-state index is -0.421.